The van der Waals surface area contributed by atoms with Crippen molar-refractivity contribution in [3.63, 3.8) is 0 Å². The Morgan fingerprint density at radius 3 is 0.787 bits per heavy atom. The molecule has 0 radical (unpaired) electrons. The molecule has 0 aliphatic carbocycles. The minimum Gasteiger partial charge on any atom is -0.340 e. The molecule has 3 aromatic heterocycles. The molecule has 332 valence electrons. The van der Waals surface area contributed by atoms with Crippen LogP contribution < -0.4 is 0 Å². The Kier molecular flexibility index (Phi) is 20.4. The summed E-state index contributed by atoms with van der Waals surface area (Å²) >= 11 is 0. The van der Waals surface area contributed by atoms with E-state index >= 15 is 0 Å². The Balaban J connectivity index is 1.67. The number of carbonyl (C=O) groups is 6. The van der Waals surface area contributed by atoms with E-state index in [-0.39, 0.29) is 69.6 Å². The van der Waals surface area contributed by atoms with E-state index in [0.29, 0.717) is 97.8 Å². The lowest BCUT2D eigenvalue weighted by molar-refractivity contribution is 0.0752. The summed E-state index contributed by atoms with van der Waals surface area (Å²) in [5.74, 6) is -1.51. The van der Waals surface area contributed by atoms with E-state index in [9.17, 15) is 28.8 Å². The van der Waals surface area contributed by atoms with Crippen LogP contribution in [0.3, 0.4) is 0 Å². The summed E-state index contributed by atoms with van der Waals surface area (Å²) in [6.07, 6.45) is 1.91. The monoisotopic (exact) mass is 843 g/mol. The lowest BCUT2D eigenvalue weighted by Crippen LogP contribution is -2.37. The van der Waals surface area contributed by atoms with Crippen molar-refractivity contribution in [1.82, 2.24) is 49.3 Å². The lowest BCUT2D eigenvalue weighted by Gasteiger charge is -2.26. The molecule has 0 aliphatic rings. The maximum absolute atomic E-state index is 13.4. The highest BCUT2D eigenvalue weighted by molar-refractivity contribution is 5.98. The van der Waals surface area contributed by atoms with E-state index in [4.69, 9.17) is 0 Å². The van der Waals surface area contributed by atoms with E-state index in [2.05, 4.69) is 19.9 Å². The molecule has 3 aromatic rings. The van der Waals surface area contributed by atoms with Crippen molar-refractivity contribution >= 4 is 35.4 Å². The normalized spacial score (nSPS) is 10.9. The van der Waals surface area contributed by atoms with Gasteiger partial charge in [-0.3, -0.25) is 28.8 Å². The Labute approximate surface area is 361 Å². The molecule has 0 bridgehead atoms. The summed E-state index contributed by atoms with van der Waals surface area (Å²) in [6, 6.07) is 14.7. The average molecular weight is 843 g/mol. The third-order valence-electron chi connectivity index (χ3n) is 10.7. The molecule has 3 rings (SSSR count). The van der Waals surface area contributed by atoms with Crippen molar-refractivity contribution in [2.45, 2.75) is 60.8 Å². The van der Waals surface area contributed by atoms with E-state index < -0.39 is 0 Å². The lowest BCUT2D eigenvalue weighted by atomic mass is 10.2. The van der Waals surface area contributed by atoms with Crippen LogP contribution in [0.15, 0.2) is 54.6 Å². The maximum Gasteiger partial charge on any atom is 0.272 e. The molecule has 0 aromatic carbocycles. The van der Waals surface area contributed by atoms with Crippen molar-refractivity contribution < 1.29 is 28.8 Å². The third-order valence-corrected chi connectivity index (χ3v) is 10.7. The number of hydrogen-bond acceptors (Lipinski definition) is 10. The summed E-state index contributed by atoms with van der Waals surface area (Å²) in [7, 11) is 5.14. The van der Waals surface area contributed by atoms with Crippen LogP contribution in [0.5, 0.6) is 0 Å². The number of amides is 6. The van der Waals surface area contributed by atoms with Gasteiger partial charge in [0, 0.05) is 80.0 Å². The molecule has 0 atom stereocenters. The van der Waals surface area contributed by atoms with Crippen LogP contribution in [0.25, 0.3) is 0 Å². The molecule has 0 aliphatic heterocycles. The zero-order valence-corrected chi connectivity index (χ0v) is 37.7. The molecular weight excluding hydrogens is 777 g/mol. The molecule has 0 N–H and O–H groups in total. The van der Waals surface area contributed by atoms with Crippen LogP contribution in [0.4, 0.5) is 0 Å². The number of pyridine rings is 3. The zero-order chi connectivity index (χ0) is 45.1. The second kappa shape index (κ2) is 25.1. The van der Waals surface area contributed by atoms with E-state index in [1.54, 1.807) is 105 Å². The van der Waals surface area contributed by atoms with E-state index in [0.717, 1.165) is 0 Å². The molecule has 3 heterocycles. The zero-order valence-electron chi connectivity index (χ0n) is 37.7. The highest BCUT2D eigenvalue weighted by Crippen LogP contribution is 2.11. The molecule has 0 fully saturated rings. The van der Waals surface area contributed by atoms with Crippen molar-refractivity contribution in [2.24, 2.45) is 0 Å². The van der Waals surface area contributed by atoms with E-state index in [1.807, 2.05) is 41.5 Å². The molecular formula is C45H66N10O6. The predicted molar refractivity (Wildman–Crippen MR) is 236 cm³/mol. The number of hydrogen-bond donors (Lipinski definition) is 0. The average Bonchev–Trinajstić information content (AvgIpc) is 3.28. The minimum absolute atomic E-state index is 0.202. The van der Waals surface area contributed by atoms with Crippen LogP contribution in [0, 0.1) is 0 Å². The summed E-state index contributed by atoms with van der Waals surface area (Å²) in [5.41, 5.74) is 1.30. The quantitative estimate of drug-likeness (QED) is 0.126. The fourth-order valence-corrected chi connectivity index (χ4v) is 6.86. The second-order valence-electron chi connectivity index (χ2n) is 14.7. The van der Waals surface area contributed by atoms with Crippen LogP contribution in [0.2, 0.25) is 0 Å². The molecule has 16 heteroatoms. The number of aromatic nitrogens is 3. The van der Waals surface area contributed by atoms with E-state index in [1.165, 1.54) is 0 Å². The Morgan fingerprint density at radius 2 is 0.574 bits per heavy atom. The second-order valence-corrected chi connectivity index (χ2v) is 14.7. The van der Waals surface area contributed by atoms with Gasteiger partial charge in [0.15, 0.2) is 0 Å². The predicted octanol–water partition coefficient (Wildman–Crippen LogP) is 4.41. The summed E-state index contributed by atoms with van der Waals surface area (Å²) in [6.45, 7) is 17.8. The molecule has 16 nitrogen and oxygen atoms in total. The first-order chi connectivity index (χ1) is 29.2. The highest BCUT2D eigenvalue weighted by atomic mass is 16.2. The van der Waals surface area contributed by atoms with Gasteiger partial charge in [0.05, 0.1) is 0 Å². The third kappa shape index (κ3) is 14.2. The molecule has 0 unspecified atom stereocenters. The van der Waals surface area contributed by atoms with Gasteiger partial charge in [-0.2, -0.15) is 0 Å². The van der Waals surface area contributed by atoms with Crippen LogP contribution >= 0.6 is 0 Å². The first-order valence-corrected chi connectivity index (χ1v) is 21.5. The van der Waals surface area contributed by atoms with Gasteiger partial charge in [0.2, 0.25) is 0 Å². The largest absolute Gasteiger partial charge is 0.340 e. The molecule has 0 saturated heterocycles. The Bertz CT molecular complexity index is 1710. The van der Waals surface area contributed by atoms with Crippen LogP contribution in [-0.4, -0.2) is 184 Å². The summed E-state index contributed by atoms with van der Waals surface area (Å²) in [4.78, 5) is 104. The van der Waals surface area contributed by atoms with Gasteiger partial charge >= 0.3 is 0 Å². The first kappa shape index (κ1) is 49.6. The van der Waals surface area contributed by atoms with Crippen molar-refractivity contribution in [3.8, 4) is 0 Å². The van der Waals surface area contributed by atoms with Crippen LogP contribution in [0.1, 0.15) is 124 Å². The van der Waals surface area contributed by atoms with Crippen molar-refractivity contribution in [2.75, 3.05) is 99.7 Å². The molecule has 0 saturated carbocycles. The number of nitrogens with zero attached hydrogens (tertiary/aromatic N) is 10. The first-order valence-electron chi connectivity index (χ1n) is 21.5. The van der Waals surface area contributed by atoms with Gasteiger partial charge in [-0.05, 0) is 117 Å². The minimum atomic E-state index is -0.283. The van der Waals surface area contributed by atoms with Gasteiger partial charge in [0.1, 0.15) is 34.2 Å². The number of rotatable bonds is 24. The number of carbonyl (C=O) groups excluding carboxylic acids is 6. The van der Waals surface area contributed by atoms with Gasteiger partial charge < -0.3 is 34.3 Å². The van der Waals surface area contributed by atoms with Gasteiger partial charge in [-0.25, -0.2) is 15.0 Å². The summed E-state index contributed by atoms with van der Waals surface area (Å²) in [5, 5.41) is 0. The van der Waals surface area contributed by atoms with Gasteiger partial charge in [0.25, 0.3) is 35.4 Å². The Morgan fingerprint density at radius 1 is 0.361 bits per heavy atom. The van der Waals surface area contributed by atoms with Crippen molar-refractivity contribution in [3.05, 3.63) is 88.8 Å². The molecule has 0 spiro atoms. The topological polar surface area (TPSA) is 164 Å². The SMILES string of the molecule is CCN(CC)C(=O)c1cccc(C(=O)N(C)CCCN(CCCN(C)C(=O)c2cccc(C(=O)N(CC)CC)n2)CCCN(C)C(=O)c2cccc(C(=O)N(CC)CC)n2)n1. The summed E-state index contributed by atoms with van der Waals surface area (Å²) < 4.78 is 0. The standard InChI is InChI=1S/C45H66N10O6/c1-10-53(11-2)43(59)37-25-16-22-34(46-37)40(56)49(7)28-19-31-52(32-20-29-50(8)41(57)35-23-17-26-38(47-35)44(60)54(12-3)13-4)33-21-30-51(9)42(58)36-24-18-27-39(48-36)45(61)55(14-5)15-6/h16-18,22-27H,10-15,19-21,28-33H2,1-9H3. The highest BCUT2D eigenvalue weighted by Gasteiger charge is 2.22. The fraction of sp³-hybridized carbons (Fsp3) is 0.533. The maximum atomic E-state index is 13.4. The smallest absolute Gasteiger partial charge is 0.272 e. The van der Waals surface area contributed by atoms with Crippen LogP contribution in [-0.2, 0) is 0 Å². The molecule has 6 amide bonds. The van der Waals surface area contributed by atoms with Gasteiger partial charge in [-0.1, -0.05) is 18.2 Å². The molecule has 61 heavy (non-hydrogen) atoms. The fourth-order valence-electron chi connectivity index (χ4n) is 6.86. The Hall–Kier alpha value is -5.77. The van der Waals surface area contributed by atoms with Gasteiger partial charge in [-0.15, -0.1) is 0 Å². The van der Waals surface area contributed by atoms with Crippen molar-refractivity contribution in [1.29, 1.82) is 0 Å².